The van der Waals surface area contributed by atoms with Crippen LogP contribution in [0.2, 0.25) is 5.02 Å². The number of halogens is 3. The SMILES string of the molecule is O=C(COc1ccc(Cl)cc1Br)Oc1ccc(I)cc1. The normalized spacial score (nSPS) is 10.2. The summed E-state index contributed by atoms with van der Waals surface area (Å²) in [5.74, 6) is 0.566. The Bertz CT molecular complexity index is 616. The first-order valence-corrected chi connectivity index (χ1v) is 7.83. The molecule has 0 bridgehead atoms. The van der Waals surface area contributed by atoms with E-state index in [9.17, 15) is 4.79 Å². The van der Waals surface area contributed by atoms with Gasteiger partial charge in [0.15, 0.2) is 6.61 Å². The van der Waals surface area contributed by atoms with Gasteiger partial charge in [-0.15, -0.1) is 0 Å². The Morgan fingerprint density at radius 3 is 2.55 bits per heavy atom. The van der Waals surface area contributed by atoms with Gasteiger partial charge in [-0.25, -0.2) is 4.79 Å². The summed E-state index contributed by atoms with van der Waals surface area (Å²) >= 11 is 11.3. The van der Waals surface area contributed by atoms with Gasteiger partial charge in [-0.05, 0) is 81.0 Å². The van der Waals surface area contributed by atoms with Gasteiger partial charge < -0.3 is 9.47 Å². The van der Waals surface area contributed by atoms with Crippen LogP contribution in [-0.4, -0.2) is 12.6 Å². The summed E-state index contributed by atoms with van der Waals surface area (Å²) < 4.78 is 12.3. The molecule has 0 saturated heterocycles. The third-order valence-corrected chi connectivity index (χ3v) is 3.86. The van der Waals surface area contributed by atoms with Gasteiger partial charge in [-0.1, -0.05) is 11.6 Å². The summed E-state index contributed by atoms with van der Waals surface area (Å²) in [6.07, 6.45) is 0. The summed E-state index contributed by atoms with van der Waals surface area (Å²) in [6.45, 7) is -0.174. The van der Waals surface area contributed by atoms with Gasteiger partial charge in [0.2, 0.25) is 0 Å². The lowest BCUT2D eigenvalue weighted by molar-refractivity contribution is -0.136. The van der Waals surface area contributed by atoms with Crippen LogP contribution in [0.5, 0.6) is 11.5 Å². The molecule has 20 heavy (non-hydrogen) atoms. The summed E-state index contributed by atoms with van der Waals surface area (Å²) in [5, 5.41) is 0.589. The van der Waals surface area contributed by atoms with Crippen LogP contribution in [0.3, 0.4) is 0 Å². The van der Waals surface area contributed by atoms with Crippen molar-refractivity contribution in [2.75, 3.05) is 6.61 Å². The number of carbonyl (C=O) groups excluding carboxylic acids is 1. The van der Waals surface area contributed by atoms with E-state index in [1.54, 1.807) is 30.3 Å². The summed E-state index contributed by atoms with van der Waals surface area (Å²) in [5.41, 5.74) is 0. The molecule has 3 nitrogen and oxygen atoms in total. The molecule has 104 valence electrons. The molecule has 0 saturated carbocycles. The van der Waals surface area contributed by atoms with Crippen LogP contribution in [-0.2, 0) is 4.79 Å². The smallest absolute Gasteiger partial charge is 0.349 e. The van der Waals surface area contributed by atoms with E-state index in [4.69, 9.17) is 21.1 Å². The fourth-order valence-corrected chi connectivity index (χ4v) is 2.55. The van der Waals surface area contributed by atoms with Gasteiger partial charge in [0.1, 0.15) is 11.5 Å². The second kappa shape index (κ2) is 7.28. The van der Waals surface area contributed by atoms with Crippen molar-refractivity contribution in [3.63, 3.8) is 0 Å². The number of hydrogen-bond acceptors (Lipinski definition) is 3. The van der Waals surface area contributed by atoms with Gasteiger partial charge in [0.05, 0.1) is 4.47 Å². The Kier molecular flexibility index (Phi) is 5.68. The molecule has 0 fully saturated rings. The predicted octanol–water partition coefficient (Wildman–Crippen LogP) is 4.69. The fourth-order valence-electron chi connectivity index (χ4n) is 1.39. The number of hydrogen-bond donors (Lipinski definition) is 0. The molecule has 0 heterocycles. The molecule has 2 rings (SSSR count). The van der Waals surface area contributed by atoms with Gasteiger partial charge in [0.25, 0.3) is 0 Å². The van der Waals surface area contributed by atoms with Crippen molar-refractivity contribution < 1.29 is 14.3 Å². The Morgan fingerprint density at radius 1 is 1.20 bits per heavy atom. The first-order chi connectivity index (χ1) is 9.54. The number of carbonyl (C=O) groups is 1. The Hall–Kier alpha value is -0.790. The molecule has 2 aromatic rings. The standard InChI is InChI=1S/C14H9BrClIO3/c15-12-7-9(16)1-6-13(12)19-8-14(18)20-11-4-2-10(17)3-5-11/h1-7H,8H2. The van der Waals surface area contributed by atoms with Gasteiger partial charge >= 0.3 is 5.97 Å². The molecule has 0 atom stereocenters. The second-order valence-corrected chi connectivity index (χ2v) is 6.33. The van der Waals surface area contributed by atoms with E-state index in [1.807, 2.05) is 12.1 Å². The number of benzene rings is 2. The van der Waals surface area contributed by atoms with Crippen molar-refractivity contribution in [3.05, 3.63) is 55.5 Å². The van der Waals surface area contributed by atoms with Crippen LogP contribution in [0.25, 0.3) is 0 Å². The Balaban J connectivity index is 1.90. The third-order valence-electron chi connectivity index (χ3n) is 2.28. The zero-order valence-electron chi connectivity index (χ0n) is 10.1. The van der Waals surface area contributed by atoms with E-state index < -0.39 is 5.97 Å². The number of esters is 1. The van der Waals surface area contributed by atoms with Crippen molar-refractivity contribution in [2.24, 2.45) is 0 Å². The zero-order chi connectivity index (χ0) is 14.5. The van der Waals surface area contributed by atoms with E-state index in [1.165, 1.54) is 0 Å². The molecule has 0 aliphatic rings. The van der Waals surface area contributed by atoms with Gasteiger partial charge in [-0.3, -0.25) is 0 Å². The first kappa shape index (κ1) is 15.6. The predicted molar refractivity (Wildman–Crippen MR) is 89.4 cm³/mol. The van der Waals surface area contributed by atoms with E-state index in [0.717, 1.165) is 3.57 Å². The molecule has 0 aromatic heterocycles. The van der Waals surface area contributed by atoms with Crippen LogP contribution >= 0.6 is 50.1 Å². The van der Waals surface area contributed by atoms with Gasteiger partial charge in [0, 0.05) is 8.59 Å². The quantitative estimate of drug-likeness (QED) is 0.372. The third kappa shape index (κ3) is 4.64. The van der Waals surface area contributed by atoms with E-state index >= 15 is 0 Å². The van der Waals surface area contributed by atoms with Crippen LogP contribution in [0, 0.1) is 3.57 Å². The zero-order valence-corrected chi connectivity index (χ0v) is 14.6. The van der Waals surface area contributed by atoms with Crippen LogP contribution in [0.15, 0.2) is 46.9 Å². The van der Waals surface area contributed by atoms with E-state index in [0.29, 0.717) is 21.0 Å². The Morgan fingerprint density at radius 2 is 1.90 bits per heavy atom. The largest absolute Gasteiger partial charge is 0.481 e. The lowest BCUT2D eigenvalue weighted by atomic mass is 10.3. The topological polar surface area (TPSA) is 35.5 Å². The first-order valence-electron chi connectivity index (χ1n) is 5.59. The van der Waals surface area contributed by atoms with Crippen LogP contribution in [0.4, 0.5) is 0 Å². The number of ether oxygens (including phenoxy) is 2. The molecule has 0 radical (unpaired) electrons. The second-order valence-electron chi connectivity index (χ2n) is 3.79. The van der Waals surface area contributed by atoms with Crippen molar-refractivity contribution in [1.29, 1.82) is 0 Å². The summed E-state index contributed by atoms with van der Waals surface area (Å²) in [6, 6.07) is 12.3. The van der Waals surface area contributed by atoms with Crippen molar-refractivity contribution >= 4 is 56.1 Å². The number of rotatable bonds is 4. The molecular weight excluding hydrogens is 458 g/mol. The van der Waals surface area contributed by atoms with Crippen molar-refractivity contribution in [2.45, 2.75) is 0 Å². The van der Waals surface area contributed by atoms with Crippen molar-refractivity contribution in [1.82, 2.24) is 0 Å². The lowest BCUT2D eigenvalue weighted by Gasteiger charge is -2.08. The van der Waals surface area contributed by atoms with E-state index in [2.05, 4.69) is 38.5 Å². The highest BCUT2D eigenvalue weighted by Gasteiger charge is 2.08. The highest BCUT2D eigenvalue weighted by Crippen LogP contribution is 2.27. The molecule has 0 aliphatic heterocycles. The minimum absolute atomic E-state index is 0.174. The average molecular weight is 467 g/mol. The molecule has 0 aliphatic carbocycles. The maximum absolute atomic E-state index is 11.7. The highest BCUT2D eigenvalue weighted by atomic mass is 127. The maximum atomic E-state index is 11.7. The maximum Gasteiger partial charge on any atom is 0.349 e. The fraction of sp³-hybridized carbons (Fsp3) is 0.0714. The van der Waals surface area contributed by atoms with Gasteiger partial charge in [-0.2, -0.15) is 0 Å². The molecule has 6 heteroatoms. The molecule has 0 unspecified atom stereocenters. The summed E-state index contributed by atoms with van der Waals surface area (Å²) in [4.78, 5) is 11.7. The minimum atomic E-state index is -0.465. The van der Waals surface area contributed by atoms with Crippen LogP contribution < -0.4 is 9.47 Å². The molecule has 0 spiro atoms. The minimum Gasteiger partial charge on any atom is -0.481 e. The van der Waals surface area contributed by atoms with Crippen LogP contribution in [0.1, 0.15) is 0 Å². The molecular formula is C14H9BrClIO3. The van der Waals surface area contributed by atoms with Crippen molar-refractivity contribution in [3.8, 4) is 11.5 Å². The molecule has 2 aromatic carbocycles. The average Bonchev–Trinajstić information content (AvgIpc) is 2.40. The Labute approximate surface area is 143 Å². The lowest BCUT2D eigenvalue weighted by Crippen LogP contribution is -2.17. The van der Waals surface area contributed by atoms with E-state index in [-0.39, 0.29) is 6.61 Å². The monoisotopic (exact) mass is 466 g/mol. The summed E-state index contributed by atoms with van der Waals surface area (Å²) in [7, 11) is 0. The molecule has 0 amide bonds. The molecule has 0 N–H and O–H groups in total. The highest BCUT2D eigenvalue weighted by molar-refractivity contribution is 14.1.